The molecule has 0 spiro atoms. The summed E-state index contributed by atoms with van der Waals surface area (Å²) in [6.07, 6.45) is 0. The van der Waals surface area contributed by atoms with E-state index in [1.165, 1.54) is 0 Å². The molecule has 0 aliphatic carbocycles. The quantitative estimate of drug-likeness (QED) is 0.704. The second kappa shape index (κ2) is 3.52. The summed E-state index contributed by atoms with van der Waals surface area (Å²) in [6.45, 7) is 0. The van der Waals surface area contributed by atoms with E-state index in [9.17, 15) is 4.79 Å². The second-order valence-corrected chi connectivity index (χ2v) is 3.06. The maximum Gasteiger partial charge on any atom is 0.271 e. The number of rotatable bonds is 1. The van der Waals surface area contributed by atoms with Gasteiger partial charge in [-0.15, -0.1) is 0 Å². The lowest BCUT2D eigenvalue weighted by Crippen LogP contribution is -2.38. The van der Waals surface area contributed by atoms with Crippen molar-refractivity contribution in [2.24, 2.45) is 10.8 Å². The van der Waals surface area contributed by atoms with Crippen molar-refractivity contribution < 1.29 is 4.79 Å². The largest absolute Gasteiger partial charge is 0.314 e. The van der Waals surface area contributed by atoms with E-state index in [0.29, 0.717) is 5.69 Å². The topological polar surface area (TPSA) is 82.5 Å². The van der Waals surface area contributed by atoms with Gasteiger partial charge in [0.1, 0.15) is 12.1 Å². The van der Waals surface area contributed by atoms with Crippen molar-refractivity contribution >= 4 is 17.3 Å². The Hall–Kier alpha value is -2.19. The molecule has 74 valence electrons. The Kier molecular flexibility index (Phi) is 2.20. The first kappa shape index (κ1) is 9.37. The first-order valence-corrected chi connectivity index (χ1v) is 4.37. The van der Waals surface area contributed by atoms with Crippen LogP contribution in [0, 0.1) is 11.3 Å². The minimum Gasteiger partial charge on any atom is -0.314 e. The Bertz CT molecular complexity index is 460. The van der Waals surface area contributed by atoms with Crippen molar-refractivity contribution in [3.63, 3.8) is 0 Å². The molecule has 0 bridgehead atoms. The van der Waals surface area contributed by atoms with Gasteiger partial charge in [-0.3, -0.25) is 4.79 Å². The molecule has 15 heavy (non-hydrogen) atoms. The molecule has 1 unspecified atom stereocenters. The maximum atomic E-state index is 11.6. The fourth-order valence-electron chi connectivity index (χ4n) is 1.31. The van der Waals surface area contributed by atoms with Crippen LogP contribution in [0.4, 0.5) is 5.69 Å². The van der Waals surface area contributed by atoms with E-state index in [0.717, 1.165) is 5.01 Å². The molecule has 1 aromatic rings. The smallest absolute Gasteiger partial charge is 0.271 e. The zero-order chi connectivity index (χ0) is 10.8. The minimum atomic E-state index is -0.935. The van der Waals surface area contributed by atoms with Crippen molar-refractivity contribution in [2.75, 3.05) is 5.01 Å². The van der Waals surface area contributed by atoms with Gasteiger partial charge in [0.2, 0.25) is 0 Å². The van der Waals surface area contributed by atoms with Crippen molar-refractivity contribution in [2.45, 2.75) is 6.04 Å². The number of nitriles is 1. The SMILES string of the molecule is N#CC1=NN(c2ccccc2)C(=O)C1N. The number of hydrogen-bond acceptors (Lipinski definition) is 4. The molecule has 0 aromatic heterocycles. The molecule has 5 nitrogen and oxygen atoms in total. The van der Waals surface area contributed by atoms with E-state index in [1.54, 1.807) is 30.3 Å². The summed E-state index contributed by atoms with van der Waals surface area (Å²) in [4.78, 5) is 11.6. The van der Waals surface area contributed by atoms with Crippen LogP contribution in [0.3, 0.4) is 0 Å². The van der Waals surface area contributed by atoms with Crippen LogP contribution >= 0.6 is 0 Å². The molecule has 5 heteroatoms. The van der Waals surface area contributed by atoms with Gasteiger partial charge in [0.05, 0.1) is 5.69 Å². The highest BCUT2D eigenvalue weighted by Gasteiger charge is 2.33. The van der Waals surface area contributed by atoms with Crippen LogP contribution in [0.25, 0.3) is 0 Å². The Balaban J connectivity index is 2.38. The monoisotopic (exact) mass is 200 g/mol. The van der Waals surface area contributed by atoms with Gasteiger partial charge >= 0.3 is 0 Å². The minimum absolute atomic E-state index is 0.0452. The number of carbonyl (C=O) groups is 1. The summed E-state index contributed by atoms with van der Waals surface area (Å²) in [6, 6.07) is 9.74. The molecule has 2 N–H and O–H groups in total. The van der Waals surface area contributed by atoms with Gasteiger partial charge < -0.3 is 5.73 Å². The molecule has 0 fully saturated rings. The van der Waals surface area contributed by atoms with Crippen LogP contribution in [-0.4, -0.2) is 17.7 Å². The number of anilines is 1. The molecule has 1 amide bonds. The predicted molar refractivity (Wildman–Crippen MR) is 55.0 cm³/mol. The fraction of sp³-hybridized carbons (Fsp3) is 0.100. The molecule has 1 atom stereocenters. The molecule has 1 aliphatic heterocycles. The summed E-state index contributed by atoms with van der Waals surface area (Å²) in [7, 11) is 0. The van der Waals surface area contributed by atoms with Crippen LogP contribution in [0.5, 0.6) is 0 Å². The molecule has 0 saturated carbocycles. The molecule has 0 saturated heterocycles. The summed E-state index contributed by atoms with van der Waals surface area (Å²) >= 11 is 0. The lowest BCUT2D eigenvalue weighted by molar-refractivity contribution is -0.117. The molecule has 1 aliphatic rings. The van der Waals surface area contributed by atoms with Crippen LogP contribution < -0.4 is 10.7 Å². The highest BCUT2D eigenvalue weighted by Crippen LogP contribution is 2.18. The third-order valence-electron chi connectivity index (χ3n) is 2.09. The first-order valence-electron chi connectivity index (χ1n) is 4.37. The van der Waals surface area contributed by atoms with E-state index in [4.69, 9.17) is 11.0 Å². The number of hydrazone groups is 1. The van der Waals surface area contributed by atoms with E-state index in [-0.39, 0.29) is 11.6 Å². The Morgan fingerprint density at radius 1 is 1.40 bits per heavy atom. The second-order valence-electron chi connectivity index (χ2n) is 3.06. The Morgan fingerprint density at radius 2 is 2.07 bits per heavy atom. The van der Waals surface area contributed by atoms with Gasteiger partial charge in [-0.1, -0.05) is 18.2 Å². The van der Waals surface area contributed by atoms with Crippen molar-refractivity contribution in [1.82, 2.24) is 0 Å². The average Bonchev–Trinajstić information content (AvgIpc) is 2.57. The lowest BCUT2D eigenvalue weighted by Gasteiger charge is -2.11. The van der Waals surface area contributed by atoms with E-state index in [1.807, 2.05) is 6.07 Å². The maximum absolute atomic E-state index is 11.6. The van der Waals surface area contributed by atoms with Gasteiger partial charge in [-0.05, 0) is 12.1 Å². The van der Waals surface area contributed by atoms with Crippen LogP contribution in [0.15, 0.2) is 35.4 Å². The first-order chi connectivity index (χ1) is 7.24. The number of nitrogens with zero attached hydrogens (tertiary/aromatic N) is 3. The molecule has 0 radical (unpaired) electrons. The Morgan fingerprint density at radius 3 is 2.60 bits per heavy atom. The summed E-state index contributed by atoms with van der Waals surface area (Å²) in [5, 5.41) is 13.7. The average molecular weight is 200 g/mol. The summed E-state index contributed by atoms with van der Waals surface area (Å²) in [5.41, 5.74) is 6.18. The van der Waals surface area contributed by atoms with Crippen molar-refractivity contribution in [3.05, 3.63) is 30.3 Å². The van der Waals surface area contributed by atoms with E-state index in [2.05, 4.69) is 5.10 Å². The van der Waals surface area contributed by atoms with Crippen LogP contribution in [0.1, 0.15) is 0 Å². The number of amides is 1. The fourth-order valence-corrected chi connectivity index (χ4v) is 1.31. The number of para-hydroxylation sites is 1. The van der Waals surface area contributed by atoms with Crippen LogP contribution in [-0.2, 0) is 4.79 Å². The van der Waals surface area contributed by atoms with Gasteiger partial charge in [-0.25, -0.2) is 0 Å². The molecule has 1 aromatic carbocycles. The summed E-state index contributed by atoms with van der Waals surface area (Å²) in [5.74, 6) is -0.377. The highest BCUT2D eigenvalue weighted by atomic mass is 16.2. The molecular weight excluding hydrogens is 192 g/mol. The number of benzene rings is 1. The van der Waals surface area contributed by atoms with Gasteiger partial charge in [0.25, 0.3) is 5.91 Å². The van der Waals surface area contributed by atoms with E-state index >= 15 is 0 Å². The third kappa shape index (κ3) is 1.47. The summed E-state index contributed by atoms with van der Waals surface area (Å²) < 4.78 is 0. The third-order valence-corrected chi connectivity index (χ3v) is 2.09. The van der Waals surface area contributed by atoms with Gasteiger partial charge in [-0.2, -0.15) is 15.4 Å². The molecule has 1 heterocycles. The normalized spacial score (nSPS) is 20.0. The molecular formula is C10H8N4O. The molecule has 2 rings (SSSR count). The lowest BCUT2D eigenvalue weighted by atomic mass is 10.2. The Labute approximate surface area is 86.4 Å². The number of hydrogen-bond donors (Lipinski definition) is 1. The van der Waals surface area contributed by atoms with Crippen molar-refractivity contribution in [3.8, 4) is 6.07 Å². The van der Waals surface area contributed by atoms with Crippen LogP contribution in [0.2, 0.25) is 0 Å². The predicted octanol–water partition coefficient (Wildman–Crippen LogP) is 0.240. The highest BCUT2D eigenvalue weighted by molar-refractivity contribution is 6.23. The van der Waals surface area contributed by atoms with Crippen molar-refractivity contribution in [1.29, 1.82) is 5.26 Å². The number of nitrogens with two attached hydrogens (primary N) is 1. The standard InChI is InChI=1S/C10H8N4O/c11-6-8-9(12)10(15)14(13-8)7-4-2-1-3-5-7/h1-5,9H,12H2. The van der Waals surface area contributed by atoms with Gasteiger partial charge in [0, 0.05) is 0 Å². The van der Waals surface area contributed by atoms with Gasteiger partial charge in [0.15, 0.2) is 5.71 Å². The zero-order valence-corrected chi connectivity index (χ0v) is 7.79. The zero-order valence-electron chi connectivity index (χ0n) is 7.79. The number of carbonyl (C=O) groups excluding carboxylic acids is 1. The van der Waals surface area contributed by atoms with E-state index < -0.39 is 6.04 Å².